The Morgan fingerprint density at radius 1 is 0.566 bits per heavy atom. The second kappa shape index (κ2) is 38.3. The number of hydrogen-bond acceptors (Lipinski definition) is 9. The topological polar surface area (TPSA) is 101 Å². The molecule has 0 aromatic carbocycles. The Balaban J connectivity index is 4.69. The molecule has 0 N–H and O–H groups in total. The standard InChI is InChI=1S/C43H78NO8P/c1-6-10-12-14-16-18-20-22-24-26-28-30-32-35-42(45)49-39-41(40-51-53(47,48-5)50-38-34-37-44(8-3)9-4)52-43(46)36-33-31-29-27-25-23-21-19-17-15-13-11-7-2/h12-15,24-27,41H,6-11,16-23,28-40H2,1-5H3/b14-12-,15-13-,26-24-,27-25-/t41-,53?/m1/s1. The summed E-state index contributed by atoms with van der Waals surface area (Å²) in [5.41, 5.74) is 0. The second-order valence-electron chi connectivity index (χ2n) is 13.5. The molecule has 9 nitrogen and oxygen atoms in total. The lowest BCUT2D eigenvalue weighted by Gasteiger charge is -2.22. The van der Waals surface area contributed by atoms with Crippen molar-refractivity contribution in [2.24, 2.45) is 0 Å². The molecule has 0 heterocycles. The summed E-state index contributed by atoms with van der Waals surface area (Å²) in [6.45, 7) is 10.9. The molecule has 0 spiro atoms. The molecule has 0 amide bonds. The normalized spacial score (nSPS) is 13.9. The Kier molecular flexibility index (Phi) is 36.8. The molecule has 53 heavy (non-hydrogen) atoms. The van der Waals surface area contributed by atoms with Crippen LogP contribution in [0.3, 0.4) is 0 Å². The Morgan fingerprint density at radius 2 is 1.00 bits per heavy atom. The van der Waals surface area contributed by atoms with Crippen LogP contribution in [0.15, 0.2) is 48.6 Å². The first-order valence-corrected chi connectivity index (χ1v) is 22.4. The first-order chi connectivity index (χ1) is 25.8. The van der Waals surface area contributed by atoms with Gasteiger partial charge in [-0.05, 0) is 122 Å². The van der Waals surface area contributed by atoms with Gasteiger partial charge >= 0.3 is 19.8 Å². The zero-order valence-electron chi connectivity index (χ0n) is 34.4. The maximum atomic E-state index is 13.1. The lowest BCUT2D eigenvalue weighted by atomic mass is 10.1. The van der Waals surface area contributed by atoms with E-state index in [0.29, 0.717) is 19.3 Å². The molecule has 0 radical (unpaired) electrons. The third kappa shape index (κ3) is 34.2. The van der Waals surface area contributed by atoms with Gasteiger partial charge in [-0.3, -0.25) is 23.2 Å². The SMILES string of the molecule is CCC/C=C\CCCC/C=C\CCCCC(=O)OC[C@H](COP(=O)(OC)OCCCN(CC)CC)OC(=O)CCCC/C=C\CCCC/C=C\CCC. The van der Waals surface area contributed by atoms with Gasteiger partial charge in [0.1, 0.15) is 6.61 Å². The van der Waals surface area contributed by atoms with Crippen molar-refractivity contribution in [1.82, 2.24) is 4.90 Å². The molecule has 0 aromatic heterocycles. The molecule has 0 aliphatic carbocycles. The van der Waals surface area contributed by atoms with Crippen molar-refractivity contribution in [3.05, 3.63) is 48.6 Å². The molecule has 0 rings (SSSR count). The number of hydrogen-bond donors (Lipinski definition) is 0. The summed E-state index contributed by atoms with van der Waals surface area (Å²) < 4.78 is 40.4. The number of carbonyl (C=O) groups is 2. The highest BCUT2D eigenvalue weighted by atomic mass is 31.2. The number of phosphoric ester groups is 1. The van der Waals surface area contributed by atoms with Gasteiger partial charge in [-0.2, -0.15) is 0 Å². The number of esters is 2. The van der Waals surface area contributed by atoms with E-state index in [1.807, 2.05) is 0 Å². The maximum Gasteiger partial charge on any atom is 0.474 e. The molecule has 0 saturated heterocycles. The van der Waals surface area contributed by atoms with Crippen LogP contribution in [0, 0.1) is 0 Å². The van der Waals surface area contributed by atoms with E-state index in [4.69, 9.17) is 23.0 Å². The van der Waals surface area contributed by atoms with Crippen molar-refractivity contribution >= 4 is 19.8 Å². The molecule has 0 bridgehead atoms. The van der Waals surface area contributed by atoms with Crippen LogP contribution in [0.2, 0.25) is 0 Å². The molecule has 0 aliphatic heterocycles. The number of unbranched alkanes of at least 4 members (excludes halogenated alkanes) is 12. The van der Waals surface area contributed by atoms with Gasteiger partial charge in [-0.1, -0.05) is 89.1 Å². The minimum Gasteiger partial charge on any atom is -0.462 e. The highest BCUT2D eigenvalue weighted by molar-refractivity contribution is 7.48. The van der Waals surface area contributed by atoms with Crippen LogP contribution in [0.25, 0.3) is 0 Å². The van der Waals surface area contributed by atoms with Gasteiger partial charge in [-0.15, -0.1) is 0 Å². The molecular formula is C43H78NO8P. The zero-order chi connectivity index (χ0) is 39.1. The van der Waals surface area contributed by atoms with Crippen molar-refractivity contribution in [2.45, 2.75) is 169 Å². The number of nitrogens with zero attached hydrogens (tertiary/aromatic N) is 1. The largest absolute Gasteiger partial charge is 0.474 e. The Morgan fingerprint density at radius 3 is 1.43 bits per heavy atom. The smallest absolute Gasteiger partial charge is 0.462 e. The van der Waals surface area contributed by atoms with E-state index in [0.717, 1.165) is 83.8 Å². The summed E-state index contributed by atoms with van der Waals surface area (Å²) >= 11 is 0. The van der Waals surface area contributed by atoms with E-state index in [-0.39, 0.29) is 38.6 Å². The van der Waals surface area contributed by atoms with Gasteiger partial charge in [-0.25, -0.2) is 4.57 Å². The van der Waals surface area contributed by atoms with Gasteiger partial charge in [0.05, 0.1) is 13.2 Å². The minimum atomic E-state index is -3.89. The molecule has 10 heteroatoms. The highest BCUT2D eigenvalue weighted by Crippen LogP contribution is 2.48. The average molecular weight is 768 g/mol. The molecule has 0 aliphatic rings. The van der Waals surface area contributed by atoms with E-state index in [1.165, 1.54) is 45.6 Å². The van der Waals surface area contributed by atoms with Crippen molar-refractivity contribution in [2.75, 3.05) is 46.6 Å². The summed E-state index contributed by atoms with van der Waals surface area (Å²) in [6.07, 6.45) is 37.1. The van der Waals surface area contributed by atoms with Gasteiger partial charge in [0, 0.05) is 26.5 Å². The predicted octanol–water partition coefficient (Wildman–Crippen LogP) is 12.0. The summed E-state index contributed by atoms with van der Waals surface area (Å²) in [5.74, 6) is -0.782. The molecule has 0 aromatic rings. The third-order valence-electron chi connectivity index (χ3n) is 8.70. The Labute approximate surface area is 325 Å². The summed E-state index contributed by atoms with van der Waals surface area (Å²) in [7, 11) is -2.63. The molecule has 308 valence electrons. The minimum absolute atomic E-state index is 0.192. The van der Waals surface area contributed by atoms with Crippen molar-refractivity contribution in [3.8, 4) is 0 Å². The van der Waals surface area contributed by atoms with Crippen LogP contribution >= 0.6 is 7.82 Å². The van der Waals surface area contributed by atoms with Gasteiger partial charge < -0.3 is 14.4 Å². The summed E-state index contributed by atoms with van der Waals surface area (Å²) in [5, 5.41) is 0. The molecule has 1 unspecified atom stereocenters. The number of carbonyl (C=O) groups excluding carboxylic acids is 2. The quantitative estimate of drug-likeness (QED) is 0.0263. The van der Waals surface area contributed by atoms with Crippen LogP contribution in [0.1, 0.15) is 163 Å². The number of allylic oxidation sites excluding steroid dienone is 8. The fraction of sp³-hybridized carbons (Fsp3) is 0.767. The van der Waals surface area contributed by atoms with Crippen LogP contribution in [0.5, 0.6) is 0 Å². The lowest BCUT2D eigenvalue weighted by Crippen LogP contribution is -2.29. The van der Waals surface area contributed by atoms with Crippen molar-refractivity contribution in [1.29, 1.82) is 0 Å². The van der Waals surface area contributed by atoms with Gasteiger partial charge in [0.25, 0.3) is 0 Å². The first-order valence-electron chi connectivity index (χ1n) is 21.0. The van der Waals surface area contributed by atoms with Crippen molar-refractivity contribution < 1.29 is 37.2 Å². The van der Waals surface area contributed by atoms with E-state index < -0.39 is 19.9 Å². The van der Waals surface area contributed by atoms with Gasteiger partial charge in [0.2, 0.25) is 0 Å². The summed E-state index contributed by atoms with van der Waals surface area (Å²) in [6, 6.07) is 0. The molecular weight excluding hydrogens is 689 g/mol. The highest BCUT2D eigenvalue weighted by Gasteiger charge is 2.28. The van der Waals surface area contributed by atoms with Crippen LogP contribution in [-0.4, -0.2) is 69.5 Å². The van der Waals surface area contributed by atoms with E-state index in [2.05, 4.69) is 81.2 Å². The Bertz CT molecular complexity index is 1020. The number of ether oxygens (including phenoxy) is 2. The fourth-order valence-electron chi connectivity index (χ4n) is 5.33. The maximum absolute atomic E-state index is 13.1. The fourth-order valence-corrected chi connectivity index (χ4v) is 6.32. The molecule has 0 fully saturated rings. The Hall–Kier alpha value is -2.03. The first kappa shape index (κ1) is 51.0. The van der Waals surface area contributed by atoms with Crippen LogP contribution in [0.4, 0.5) is 0 Å². The average Bonchev–Trinajstić information content (AvgIpc) is 3.16. The lowest BCUT2D eigenvalue weighted by molar-refractivity contribution is -0.161. The summed E-state index contributed by atoms with van der Waals surface area (Å²) in [4.78, 5) is 27.5. The molecule has 2 atom stereocenters. The monoisotopic (exact) mass is 768 g/mol. The van der Waals surface area contributed by atoms with E-state index in [9.17, 15) is 14.2 Å². The van der Waals surface area contributed by atoms with E-state index >= 15 is 0 Å². The number of rotatable bonds is 38. The second-order valence-corrected chi connectivity index (χ2v) is 15.2. The van der Waals surface area contributed by atoms with E-state index in [1.54, 1.807) is 0 Å². The third-order valence-corrected chi connectivity index (χ3v) is 10.1. The van der Waals surface area contributed by atoms with Crippen LogP contribution in [-0.2, 0) is 37.2 Å². The molecule has 0 saturated carbocycles. The number of phosphoric acid groups is 1. The van der Waals surface area contributed by atoms with Gasteiger partial charge in [0.15, 0.2) is 6.10 Å². The van der Waals surface area contributed by atoms with Crippen LogP contribution < -0.4 is 0 Å². The van der Waals surface area contributed by atoms with Crippen molar-refractivity contribution in [3.63, 3.8) is 0 Å². The predicted molar refractivity (Wildman–Crippen MR) is 220 cm³/mol. The zero-order valence-corrected chi connectivity index (χ0v) is 35.3.